The molecule has 176 valence electrons. The van der Waals surface area contributed by atoms with Crippen molar-refractivity contribution >= 4 is 0 Å². The normalized spacial score (nSPS) is 17.9. The molecule has 0 aliphatic carbocycles. The minimum atomic E-state index is -0.652. The zero-order chi connectivity index (χ0) is 22.6. The lowest BCUT2D eigenvalue weighted by Crippen LogP contribution is -2.67. The standard InChI is InChI=1S/C23H52N4O2/c1-10-19(24(15-6)16-7)26(20(11-2)25(17-8)18-9)21(12-3)27(22(28)13-4)23(29)14-5/h19-23,28-29H,10-18H2,1-9H3. The minimum absolute atomic E-state index is 0.0315. The summed E-state index contributed by atoms with van der Waals surface area (Å²) >= 11 is 0. The van der Waals surface area contributed by atoms with Gasteiger partial charge in [0.25, 0.3) is 0 Å². The summed E-state index contributed by atoms with van der Waals surface area (Å²) in [6.45, 7) is 23.5. The molecule has 29 heavy (non-hydrogen) atoms. The Morgan fingerprint density at radius 3 is 0.966 bits per heavy atom. The van der Waals surface area contributed by atoms with Crippen molar-refractivity contribution in [2.24, 2.45) is 0 Å². The summed E-state index contributed by atoms with van der Waals surface area (Å²) in [5, 5.41) is 21.8. The number of hydrogen-bond acceptors (Lipinski definition) is 6. The molecule has 2 N–H and O–H groups in total. The van der Waals surface area contributed by atoms with E-state index in [1.54, 1.807) is 0 Å². The van der Waals surface area contributed by atoms with Crippen LogP contribution in [0.15, 0.2) is 0 Å². The molecule has 5 unspecified atom stereocenters. The molecule has 5 atom stereocenters. The van der Waals surface area contributed by atoms with Crippen LogP contribution in [0.3, 0.4) is 0 Å². The first-order valence-corrected chi connectivity index (χ1v) is 12.3. The first kappa shape index (κ1) is 28.8. The Morgan fingerprint density at radius 1 is 0.448 bits per heavy atom. The average molecular weight is 417 g/mol. The van der Waals surface area contributed by atoms with Crippen molar-refractivity contribution in [1.82, 2.24) is 19.6 Å². The van der Waals surface area contributed by atoms with Crippen molar-refractivity contribution in [2.75, 3.05) is 26.2 Å². The molecule has 0 heterocycles. The summed E-state index contributed by atoms with van der Waals surface area (Å²) in [6, 6.07) is 0. The predicted octanol–water partition coefficient (Wildman–Crippen LogP) is 3.94. The Hall–Kier alpha value is -0.240. The molecule has 0 aliphatic heterocycles. The molecule has 0 saturated carbocycles. The van der Waals surface area contributed by atoms with E-state index in [1.165, 1.54) is 0 Å². The monoisotopic (exact) mass is 416 g/mol. The van der Waals surface area contributed by atoms with E-state index in [2.05, 4.69) is 63.2 Å². The summed E-state index contributed by atoms with van der Waals surface area (Å²) in [6.07, 6.45) is 3.26. The molecular weight excluding hydrogens is 364 g/mol. The van der Waals surface area contributed by atoms with Crippen LogP contribution in [0.4, 0.5) is 0 Å². The SMILES string of the molecule is CCC(O)N(C(O)CC)C(CC)N(C(CC)N(CC)CC)C(CC)N(CC)CC. The minimum Gasteiger partial charge on any atom is -0.378 e. The first-order chi connectivity index (χ1) is 13.9. The van der Waals surface area contributed by atoms with Gasteiger partial charge in [-0.2, -0.15) is 0 Å². The second-order valence-corrected chi connectivity index (χ2v) is 7.78. The van der Waals surface area contributed by atoms with Crippen LogP contribution in [0.5, 0.6) is 0 Å². The van der Waals surface area contributed by atoms with Crippen LogP contribution in [-0.2, 0) is 0 Å². The summed E-state index contributed by atoms with van der Waals surface area (Å²) in [5.41, 5.74) is 0. The van der Waals surface area contributed by atoms with Gasteiger partial charge in [-0.3, -0.25) is 14.7 Å². The zero-order valence-electron chi connectivity index (χ0n) is 20.9. The van der Waals surface area contributed by atoms with Crippen LogP contribution >= 0.6 is 0 Å². The van der Waals surface area contributed by atoms with Crippen LogP contribution in [0.2, 0.25) is 0 Å². The van der Waals surface area contributed by atoms with Crippen molar-refractivity contribution in [2.45, 2.75) is 125 Å². The number of hydrogen-bond donors (Lipinski definition) is 2. The molecule has 0 bridgehead atoms. The van der Waals surface area contributed by atoms with E-state index in [9.17, 15) is 10.2 Å². The molecule has 0 aromatic carbocycles. The highest BCUT2D eigenvalue weighted by Gasteiger charge is 2.40. The fourth-order valence-corrected chi connectivity index (χ4v) is 4.79. The lowest BCUT2D eigenvalue weighted by atomic mass is 10.1. The van der Waals surface area contributed by atoms with E-state index in [0.717, 1.165) is 45.4 Å². The quantitative estimate of drug-likeness (QED) is 0.350. The van der Waals surface area contributed by atoms with Crippen molar-refractivity contribution in [3.05, 3.63) is 0 Å². The Bertz CT molecular complexity index is 361. The van der Waals surface area contributed by atoms with Gasteiger partial charge in [0, 0.05) is 0 Å². The van der Waals surface area contributed by atoms with Gasteiger partial charge in [-0.1, -0.05) is 62.3 Å². The summed E-state index contributed by atoms with van der Waals surface area (Å²) < 4.78 is 0. The zero-order valence-corrected chi connectivity index (χ0v) is 20.9. The Labute approximate surface area is 181 Å². The van der Waals surface area contributed by atoms with Gasteiger partial charge in [-0.05, 0) is 58.3 Å². The van der Waals surface area contributed by atoms with E-state index in [-0.39, 0.29) is 18.5 Å². The number of aliphatic hydroxyl groups excluding tert-OH is 2. The smallest absolute Gasteiger partial charge is 0.110 e. The van der Waals surface area contributed by atoms with Gasteiger partial charge in [0.15, 0.2) is 0 Å². The molecule has 0 fully saturated rings. The summed E-state index contributed by atoms with van der Waals surface area (Å²) in [5.74, 6) is 0. The second-order valence-electron chi connectivity index (χ2n) is 7.78. The van der Waals surface area contributed by atoms with E-state index in [1.807, 2.05) is 18.7 Å². The Balaban J connectivity index is 6.50. The van der Waals surface area contributed by atoms with Crippen molar-refractivity contribution in [3.63, 3.8) is 0 Å². The summed E-state index contributed by atoms with van der Waals surface area (Å²) in [4.78, 5) is 9.59. The fraction of sp³-hybridized carbons (Fsp3) is 1.00. The molecular formula is C23H52N4O2. The van der Waals surface area contributed by atoms with Gasteiger partial charge >= 0.3 is 0 Å². The molecule has 0 aromatic heterocycles. The van der Waals surface area contributed by atoms with Gasteiger partial charge in [-0.25, -0.2) is 4.90 Å². The lowest BCUT2D eigenvalue weighted by Gasteiger charge is -2.53. The molecule has 6 heteroatoms. The highest BCUT2D eigenvalue weighted by Crippen LogP contribution is 2.28. The molecule has 0 aromatic rings. The summed E-state index contributed by atoms with van der Waals surface area (Å²) in [7, 11) is 0. The number of nitrogens with zero attached hydrogens (tertiary/aromatic N) is 4. The van der Waals surface area contributed by atoms with Crippen molar-refractivity contribution in [1.29, 1.82) is 0 Å². The molecule has 0 radical (unpaired) electrons. The molecule has 0 saturated heterocycles. The highest BCUT2D eigenvalue weighted by atomic mass is 16.3. The van der Waals surface area contributed by atoms with E-state index < -0.39 is 12.5 Å². The van der Waals surface area contributed by atoms with E-state index >= 15 is 0 Å². The van der Waals surface area contributed by atoms with E-state index in [0.29, 0.717) is 12.8 Å². The van der Waals surface area contributed by atoms with E-state index in [4.69, 9.17) is 0 Å². The molecule has 0 rings (SSSR count). The Kier molecular flexibility index (Phi) is 15.4. The average Bonchev–Trinajstić information content (AvgIpc) is 2.75. The van der Waals surface area contributed by atoms with Gasteiger partial charge in [0.2, 0.25) is 0 Å². The highest BCUT2D eigenvalue weighted by molar-refractivity contribution is 4.86. The molecule has 0 spiro atoms. The predicted molar refractivity (Wildman–Crippen MR) is 124 cm³/mol. The topological polar surface area (TPSA) is 53.4 Å². The maximum Gasteiger partial charge on any atom is 0.110 e. The third kappa shape index (κ3) is 7.44. The van der Waals surface area contributed by atoms with Crippen molar-refractivity contribution in [3.8, 4) is 0 Å². The lowest BCUT2D eigenvalue weighted by molar-refractivity contribution is -0.200. The number of aliphatic hydroxyl groups is 2. The fourth-order valence-electron chi connectivity index (χ4n) is 4.79. The van der Waals surface area contributed by atoms with Gasteiger partial charge in [0.05, 0.1) is 18.5 Å². The first-order valence-electron chi connectivity index (χ1n) is 12.3. The van der Waals surface area contributed by atoms with Crippen LogP contribution in [0, 0.1) is 0 Å². The third-order valence-corrected chi connectivity index (χ3v) is 6.36. The maximum atomic E-state index is 10.9. The van der Waals surface area contributed by atoms with Crippen LogP contribution in [0.25, 0.3) is 0 Å². The molecule has 0 aliphatic rings. The third-order valence-electron chi connectivity index (χ3n) is 6.36. The Morgan fingerprint density at radius 2 is 0.759 bits per heavy atom. The second kappa shape index (κ2) is 15.5. The van der Waals surface area contributed by atoms with Gasteiger partial charge in [-0.15, -0.1) is 0 Å². The van der Waals surface area contributed by atoms with Crippen molar-refractivity contribution < 1.29 is 10.2 Å². The molecule has 0 amide bonds. The van der Waals surface area contributed by atoms with Crippen LogP contribution < -0.4 is 0 Å². The van der Waals surface area contributed by atoms with Crippen LogP contribution in [0.1, 0.15) is 94.4 Å². The largest absolute Gasteiger partial charge is 0.378 e. The maximum absolute atomic E-state index is 10.9. The number of rotatable bonds is 17. The molecule has 6 nitrogen and oxygen atoms in total. The van der Waals surface area contributed by atoms with Gasteiger partial charge < -0.3 is 10.2 Å². The van der Waals surface area contributed by atoms with Crippen LogP contribution in [-0.4, -0.2) is 86.9 Å². The van der Waals surface area contributed by atoms with Gasteiger partial charge in [0.1, 0.15) is 12.5 Å².